The Hall–Kier alpha value is -0.140. The normalized spacial score (nSPS) is 21.1. The SMILES string of the molecule is O=C[C@H](O)[C@H](S)[C@H](O)[C@H](O)CO. The third-order valence-electron chi connectivity index (χ3n) is 1.42. The van der Waals surface area contributed by atoms with Gasteiger partial charge in [-0.3, -0.25) is 0 Å². The zero-order chi connectivity index (χ0) is 9.72. The Morgan fingerprint density at radius 3 is 2.17 bits per heavy atom. The van der Waals surface area contributed by atoms with E-state index in [0.717, 1.165) is 0 Å². The van der Waals surface area contributed by atoms with Crippen LogP contribution in [0.2, 0.25) is 0 Å². The van der Waals surface area contributed by atoms with E-state index in [1.807, 2.05) is 0 Å². The van der Waals surface area contributed by atoms with E-state index in [1.54, 1.807) is 0 Å². The highest BCUT2D eigenvalue weighted by atomic mass is 32.1. The molecular weight excluding hydrogens is 184 g/mol. The first kappa shape index (κ1) is 11.9. The van der Waals surface area contributed by atoms with Crippen LogP contribution < -0.4 is 0 Å². The largest absolute Gasteiger partial charge is 0.394 e. The summed E-state index contributed by atoms with van der Waals surface area (Å²) in [6, 6.07) is 0. The minimum absolute atomic E-state index is 0.199. The fourth-order valence-corrected chi connectivity index (χ4v) is 0.887. The van der Waals surface area contributed by atoms with E-state index in [2.05, 4.69) is 12.6 Å². The highest BCUT2D eigenvalue weighted by Crippen LogP contribution is 2.09. The molecule has 0 fully saturated rings. The van der Waals surface area contributed by atoms with Crippen LogP contribution in [0.15, 0.2) is 0 Å². The van der Waals surface area contributed by atoms with Gasteiger partial charge >= 0.3 is 0 Å². The van der Waals surface area contributed by atoms with Crippen LogP contribution in [-0.4, -0.2) is 56.9 Å². The smallest absolute Gasteiger partial charge is 0.149 e. The molecule has 4 atom stereocenters. The molecule has 0 unspecified atom stereocenters. The maximum absolute atomic E-state index is 10.0. The van der Waals surface area contributed by atoms with Crippen LogP contribution in [0.1, 0.15) is 0 Å². The van der Waals surface area contributed by atoms with E-state index in [0.29, 0.717) is 0 Å². The Bertz CT molecular complexity index is 142. The van der Waals surface area contributed by atoms with Gasteiger partial charge in [-0.1, -0.05) is 0 Å². The Morgan fingerprint density at radius 1 is 1.33 bits per heavy atom. The van der Waals surface area contributed by atoms with Crippen molar-refractivity contribution in [1.82, 2.24) is 0 Å². The zero-order valence-corrected chi connectivity index (χ0v) is 7.13. The predicted molar refractivity (Wildman–Crippen MR) is 43.9 cm³/mol. The van der Waals surface area contributed by atoms with Crippen LogP contribution in [0, 0.1) is 0 Å². The Labute approximate surface area is 75.1 Å². The van der Waals surface area contributed by atoms with Gasteiger partial charge in [-0.2, -0.15) is 12.6 Å². The first-order chi connectivity index (χ1) is 5.54. The van der Waals surface area contributed by atoms with Gasteiger partial charge in [0.1, 0.15) is 18.5 Å². The molecule has 0 heterocycles. The summed E-state index contributed by atoms with van der Waals surface area (Å²) in [6.07, 6.45) is -4.09. The van der Waals surface area contributed by atoms with E-state index in [4.69, 9.17) is 20.4 Å². The fraction of sp³-hybridized carbons (Fsp3) is 0.833. The lowest BCUT2D eigenvalue weighted by atomic mass is 10.1. The van der Waals surface area contributed by atoms with Crippen molar-refractivity contribution in [1.29, 1.82) is 0 Å². The van der Waals surface area contributed by atoms with Crippen LogP contribution in [-0.2, 0) is 4.79 Å². The minimum atomic E-state index is -1.45. The topological polar surface area (TPSA) is 98.0 Å². The summed E-state index contributed by atoms with van der Waals surface area (Å²) < 4.78 is 0. The van der Waals surface area contributed by atoms with Crippen molar-refractivity contribution in [3.8, 4) is 0 Å². The number of aliphatic hydroxyl groups excluding tert-OH is 4. The summed E-state index contributed by atoms with van der Waals surface area (Å²) >= 11 is 3.69. The number of hydrogen-bond acceptors (Lipinski definition) is 6. The van der Waals surface area contributed by atoms with Gasteiger partial charge in [0, 0.05) is 0 Å². The molecule has 0 aliphatic heterocycles. The molecule has 0 aromatic rings. The lowest BCUT2D eigenvalue weighted by molar-refractivity contribution is -0.117. The molecule has 72 valence electrons. The second-order valence-corrected chi connectivity index (χ2v) is 2.95. The van der Waals surface area contributed by atoms with E-state index in [1.165, 1.54) is 0 Å². The quantitative estimate of drug-likeness (QED) is 0.248. The molecule has 0 saturated heterocycles. The zero-order valence-electron chi connectivity index (χ0n) is 6.24. The molecule has 0 radical (unpaired) electrons. The van der Waals surface area contributed by atoms with Gasteiger partial charge in [-0.25, -0.2) is 0 Å². The number of aldehydes is 1. The highest BCUT2D eigenvalue weighted by Gasteiger charge is 2.28. The van der Waals surface area contributed by atoms with Crippen LogP contribution in [0.3, 0.4) is 0 Å². The van der Waals surface area contributed by atoms with Crippen molar-refractivity contribution in [2.24, 2.45) is 0 Å². The van der Waals surface area contributed by atoms with Crippen molar-refractivity contribution < 1.29 is 25.2 Å². The molecule has 0 spiro atoms. The summed E-state index contributed by atoms with van der Waals surface area (Å²) in [7, 11) is 0. The van der Waals surface area contributed by atoms with Crippen LogP contribution in [0.4, 0.5) is 0 Å². The highest BCUT2D eigenvalue weighted by molar-refractivity contribution is 7.81. The van der Waals surface area contributed by atoms with E-state index < -0.39 is 30.2 Å². The fourth-order valence-electron chi connectivity index (χ4n) is 0.618. The van der Waals surface area contributed by atoms with Crippen LogP contribution >= 0.6 is 12.6 Å². The van der Waals surface area contributed by atoms with E-state index in [9.17, 15) is 4.79 Å². The standard InChI is InChI=1S/C6H12O5S/c7-1-3(9)5(11)6(12)4(10)2-8/h2-7,9-12H,1H2/t3-,4+,5-,6+/m1/s1. The van der Waals surface area contributed by atoms with Crippen LogP contribution in [0.5, 0.6) is 0 Å². The molecule has 0 aromatic heterocycles. The lowest BCUT2D eigenvalue weighted by Crippen LogP contribution is -2.43. The summed E-state index contributed by atoms with van der Waals surface area (Å²) in [4.78, 5) is 10.0. The molecule has 12 heavy (non-hydrogen) atoms. The summed E-state index contributed by atoms with van der Waals surface area (Å²) in [6.45, 7) is -0.649. The van der Waals surface area contributed by atoms with Gasteiger partial charge in [0.2, 0.25) is 0 Å². The first-order valence-corrected chi connectivity index (χ1v) is 3.84. The van der Waals surface area contributed by atoms with Crippen LogP contribution in [0.25, 0.3) is 0 Å². The Morgan fingerprint density at radius 2 is 1.83 bits per heavy atom. The summed E-state index contributed by atoms with van der Waals surface area (Å²) in [5, 5.41) is 34.1. The van der Waals surface area contributed by atoms with Crippen molar-refractivity contribution in [3.05, 3.63) is 0 Å². The average Bonchev–Trinajstić information content (AvgIpc) is 2.12. The molecule has 0 aromatic carbocycles. The Kier molecular flexibility index (Phi) is 5.43. The van der Waals surface area contributed by atoms with Gasteiger partial charge in [-0.15, -0.1) is 0 Å². The maximum atomic E-state index is 10.0. The second kappa shape index (κ2) is 5.50. The number of thiol groups is 1. The molecule has 0 aliphatic rings. The molecule has 0 amide bonds. The Balaban J connectivity index is 4.07. The third kappa shape index (κ3) is 3.08. The minimum Gasteiger partial charge on any atom is -0.394 e. The lowest BCUT2D eigenvalue weighted by Gasteiger charge is -2.22. The average molecular weight is 196 g/mol. The van der Waals surface area contributed by atoms with Crippen molar-refractivity contribution in [2.45, 2.75) is 23.6 Å². The number of rotatable bonds is 5. The van der Waals surface area contributed by atoms with Crippen molar-refractivity contribution in [2.75, 3.05) is 6.61 Å². The molecular formula is C6H12O5S. The number of hydrogen-bond donors (Lipinski definition) is 5. The third-order valence-corrected chi connectivity index (χ3v) is 2.03. The first-order valence-electron chi connectivity index (χ1n) is 3.33. The van der Waals surface area contributed by atoms with Gasteiger partial charge in [0.05, 0.1) is 18.0 Å². The molecule has 0 saturated carbocycles. The molecule has 0 rings (SSSR count). The van der Waals surface area contributed by atoms with Gasteiger partial charge < -0.3 is 25.2 Å². The molecule has 0 aliphatic carbocycles. The molecule has 6 heteroatoms. The number of carbonyl (C=O) groups is 1. The van der Waals surface area contributed by atoms with E-state index >= 15 is 0 Å². The van der Waals surface area contributed by atoms with E-state index in [-0.39, 0.29) is 6.29 Å². The summed E-state index contributed by atoms with van der Waals surface area (Å²) in [5.74, 6) is 0. The van der Waals surface area contributed by atoms with Crippen molar-refractivity contribution in [3.63, 3.8) is 0 Å². The molecule has 5 nitrogen and oxygen atoms in total. The maximum Gasteiger partial charge on any atom is 0.149 e. The van der Waals surface area contributed by atoms with Gasteiger partial charge in [0.15, 0.2) is 0 Å². The van der Waals surface area contributed by atoms with Gasteiger partial charge in [-0.05, 0) is 0 Å². The monoisotopic (exact) mass is 196 g/mol. The van der Waals surface area contributed by atoms with Crippen molar-refractivity contribution >= 4 is 18.9 Å². The number of carbonyl (C=O) groups excluding carboxylic acids is 1. The predicted octanol–water partition coefficient (Wildman–Crippen LogP) is -2.44. The number of aliphatic hydroxyl groups is 4. The summed E-state index contributed by atoms with van der Waals surface area (Å²) in [5.41, 5.74) is 0. The molecule has 4 N–H and O–H groups in total. The molecule has 0 bridgehead atoms. The van der Waals surface area contributed by atoms with Gasteiger partial charge in [0.25, 0.3) is 0 Å². The second-order valence-electron chi connectivity index (χ2n) is 2.36.